The van der Waals surface area contributed by atoms with Crippen LogP contribution >= 0.6 is 24.0 Å². The molecule has 158 valence electrons. The number of sulfone groups is 1. The van der Waals surface area contributed by atoms with Crippen LogP contribution in [0.25, 0.3) is 0 Å². The molecule has 0 spiro atoms. The maximum absolute atomic E-state index is 11.8. The number of benzene rings is 1. The second-order valence-corrected chi connectivity index (χ2v) is 10.4. The van der Waals surface area contributed by atoms with Gasteiger partial charge < -0.3 is 10.6 Å². The van der Waals surface area contributed by atoms with E-state index in [0.717, 1.165) is 31.9 Å². The van der Waals surface area contributed by atoms with Gasteiger partial charge in [-0.15, -0.1) is 24.0 Å². The highest BCUT2D eigenvalue weighted by Gasteiger charge is 2.34. The summed E-state index contributed by atoms with van der Waals surface area (Å²) in [5.74, 6) is 1.23. The van der Waals surface area contributed by atoms with E-state index in [0.29, 0.717) is 6.42 Å². The third-order valence-electron chi connectivity index (χ3n) is 5.90. The van der Waals surface area contributed by atoms with Gasteiger partial charge in [-0.25, -0.2) is 8.42 Å². The molecule has 5 nitrogen and oxygen atoms in total. The van der Waals surface area contributed by atoms with Gasteiger partial charge in [-0.1, -0.05) is 49.1 Å². The number of nitrogens with one attached hydrogen (secondary N) is 2. The highest BCUT2D eigenvalue weighted by Crippen LogP contribution is 2.40. The average molecular weight is 519 g/mol. The summed E-state index contributed by atoms with van der Waals surface area (Å²) in [4.78, 5) is 4.93. The number of hydrogen-bond acceptors (Lipinski definition) is 3. The van der Waals surface area contributed by atoms with Crippen molar-refractivity contribution in [3.05, 3.63) is 35.4 Å². The lowest BCUT2D eigenvalue weighted by atomic mass is 9.69. The number of hydrogen-bond donors (Lipinski definition) is 2. The number of nitrogens with zero attached hydrogens (tertiary/aromatic N) is 1. The monoisotopic (exact) mass is 519 g/mol. The van der Waals surface area contributed by atoms with E-state index in [1.165, 1.54) is 30.4 Å². The van der Waals surface area contributed by atoms with E-state index in [9.17, 15) is 8.42 Å². The smallest absolute Gasteiger partial charge is 0.191 e. The van der Waals surface area contributed by atoms with Gasteiger partial charge in [0, 0.05) is 18.0 Å². The van der Waals surface area contributed by atoms with Crippen molar-refractivity contribution >= 4 is 39.8 Å². The van der Waals surface area contributed by atoms with Gasteiger partial charge >= 0.3 is 0 Å². The second-order valence-electron chi connectivity index (χ2n) is 8.15. The predicted octanol–water partition coefficient (Wildman–Crippen LogP) is 3.56. The Morgan fingerprint density at radius 1 is 1.25 bits per heavy atom. The molecule has 28 heavy (non-hydrogen) atoms. The quantitative estimate of drug-likeness (QED) is 0.355. The summed E-state index contributed by atoms with van der Waals surface area (Å²) in [7, 11) is -2.90. The summed E-state index contributed by atoms with van der Waals surface area (Å²) in [6.07, 6.45) is 6.78. The maximum Gasteiger partial charge on any atom is 0.191 e. The van der Waals surface area contributed by atoms with Crippen LogP contribution in [-0.2, 0) is 15.3 Å². The molecule has 2 aliphatic rings. The Balaban J connectivity index is 0.00000280. The van der Waals surface area contributed by atoms with Gasteiger partial charge in [0.15, 0.2) is 15.8 Å². The fraction of sp³-hybridized carbons (Fsp3) is 0.667. The second kappa shape index (κ2) is 10.3. The van der Waals surface area contributed by atoms with Crippen molar-refractivity contribution in [2.24, 2.45) is 4.99 Å². The van der Waals surface area contributed by atoms with Gasteiger partial charge in [0.25, 0.3) is 0 Å². The van der Waals surface area contributed by atoms with E-state index in [1.807, 2.05) is 6.92 Å². The van der Waals surface area contributed by atoms with Crippen LogP contribution in [0.5, 0.6) is 0 Å². The van der Waals surface area contributed by atoms with E-state index in [4.69, 9.17) is 4.99 Å². The first-order chi connectivity index (χ1) is 12.9. The lowest BCUT2D eigenvalue weighted by Gasteiger charge is -2.37. The van der Waals surface area contributed by atoms with Crippen LogP contribution in [0.2, 0.25) is 0 Å². The lowest BCUT2D eigenvalue weighted by molar-refractivity contribution is 0.301. The molecule has 1 aliphatic heterocycles. The summed E-state index contributed by atoms with van der Waals surface area (Å²) < 4.78 is 23.5. The molecule has 0 amide bonds. The Kier molecular flexibility index (Phi) is 8.60. The number of rotatable bonds is 5. The zero-order valence-corrected chi connectivity index (χ0v) is 20.2. The predicted molar refractivity (Wildman–Crippen MR) is 128 cm³/mol. The zero-order valence-electron chi connectivity index (χ0n) is 17.0. The number of aliphatic imine (C=N–C) groups is 1. The molecule has 3 rings (SSSR count). The molecule has 1 saturated heterocycles. The molecule has 1 unspecified atom stereocenters. The van der Waals surface area contributed by atoms with Crippen molar-refractivity contribution in [3.63, 3.8) is 0 Å². The van der Waals surface area contributed by atoms with Crippen molar-refractivity contribution in [1.82, 2.24) is 10.6 Å². The van der Waals surface area contributed by atoms with Crippen LogP contribution in [0.1, 0.15) is 56.6 Å². The molecule has 2 N–H and O–H groups in total. The summed E-state index contributed by atoms with van der Waals surface area (Å²) in [6.45, 7) is 5.70. The number of guanidine groups is 1. The fourth-order valence-corrected chi connectivity index (χ4v) is 6.07. The van der Waals surface area contributed by atoms with E-state index < -0.39 is 9.84 Å². The van der Waals surface area contributed by atoms with Gasteiger partial charge in [-0.05, 0) is 38.7 Å². The first-order valence-electron chi connectivity index (χ1n) is 10.2. The van der Waals surface area contributed by atoms with Gasteiger partial charge in [0.2, 0.25) is 0 Å². The third-order valence-corrected chi connectivity index (χ3v) is 7.67. The minimum Gasteiger partial charge on any atom is -0.357 e. The Morgan fingerprint density at radius 2 is 2.00 bits per heavy atom. The van der Waals surface area contributed by atoms with Gasteiger partial charge in [-0.3, -0.25) is 4.99 Å². The van der Waals surface area contributed by atoms with Crippen LogP contribution in [-0.4, -0.2) is 45.0 Å². The summed E-state index contributed by atoms with van der Waals surface area (Å²) in [6, 6.07) is 8.82. The molecule has 1 heterocycles. The molecular weight excluding hydrogens is 485 g/mol. The fourth-order valence-electron chi connectivity index (χ4n) is 4.39. The third kappa shape index (κ3) is 6.08. The molecule has 2 fully saturated rings. The van der Waals surface area contributed by atoms with E-state index in [2.05, 4.69) is 41.8 Å². The Morgan fingerprint density at radius 3 is 2.61 bits per heavy atom. The molecule has 0 bridgehead atoms. The largest absolute Gasteiger partial charge is 0.357 e. The highest BCUT2D eigenvalue weighted by molar-refractivity contribution is 14.0. The van der Waals surface area contributed by atoms with Crippen molar-refractivity contribution in [2.75, 3.05) is 24.6 Å². The lowest BCUT2D eigenvalue weighted by Crippen LogP contribution is -2.45. The Labute approximate surface area is 187 Å². The molecule has 1 aromatic carbocycles. The van der Waals surface area contributed by atoms with Crippen molar-refractivity contribution in [1.29, 1.82) is 0 Å². The first-order valence-corrected chi connectivity index (χ1v) is 12.1. The van der Waals surface area contributed by atoms with Crippen LogP contribution in [0, 0.1) is 6.92 Å². The molecule has 1 aliphatic carbocycles. The number of aryl methyl sites for hydroxylation is 1. The zero-order chi connectivity index (χ0) is 19.3. The molecule has 1 aromatic rings. The topological polar surface area (TPSA) is 70.6 Å². The number of halogens is 1. The minimum atomic E-state index is -2.90. The van der Waals surface area contributed by atoms with Gasteiger partial charge in [0.1, 0.15) is 0 Å². The van der Waals surface area contributed by atoms with Crippen molar-refractivity contribution in [3.8, 4) is 0 Å². The first kappa shape index (κ1) is 23.4. The van der Waals surface area contributed by atoms with Gasteiger partial charge in [0.05, 0.1) is 18.1 Å². The van der Waals surface area contributed by atoms with Crippen molar-refractivity contribution in [2.45, 2.75) is 63.8 Å². The van der Waals surface area contributed by atoms with E-state index in [-0.39, 0.29) is 46.9 Å². The maximum atomic E-state index is 11.8. The summed E-state index contributed by atoms with van der Waals surface area (Å²) in [5.41, 5.74) is 2.78. The van der Waals surface area contributed by atoms with E-state index in [1.54, 1.807) is 0 Å². The molecule has 0 aromatic heterocycles. The van der Waals surface area contributed by atoms with Crippen LogP contribution < -0.4 is 10.6 Å². The van der Waals surface area contributed by atoms with Crippen LogP contribution in [0.15, 0.2) is 29.3 Å². The SMILES string of the molecule is CCNC(=NCC1(c2cccc(C)c2)CCCCC1)NC1CCS(=O)(=O)C1.I. The Hall–Kier alpha value is -0.830. The molecule has 1 atom stereocenters. The van der Waals surface area contributed by atoms with Crippen LogP contribution in [0.3, 0.4) is 0 Å². The van der Waals surface area contributed by atoms with Crippen LogP contribution in [0.4, 0.5) is 0 Å². The summed E-state index contributed by atoms with van der Waals surface area (Å²) >= 11 is 0. The molecule has 0 radical (unpaired) electrons. The van der Waals surface area contributed by atoms with Gasteiger partial charge in [-0.2, -0.15) is 0 Å². The molecule has 1 saturated carbocycles. The average Bonchev–Trinajstić information content (AvgIpc) is 2.99. The minimum absolute atomic E-state index is 0. The Bertz CT molecular complexity index is 774. The standard InChI is InChI=1S/C21H33N3O2S.HI/c1-3-22-20(24-19-10-13-27(25,26)15-19)23-16-21(11-5-4-6-12-21)18-9-7-8-17(2)14-18;/h7-9,14,19H,3-6,10-13,15-16H2,1-2H3,(H2,22,23,24);1H. The highest BCUT2D eigenvalue weighted by atomic mass is 127. The summed E-state index contributed by atoms with van der Waals surface area (Å²) in [5, 5.41) is 6.65. The molecular formula is C21H34IN3O2S. The van der Waals surface area contributed by atoms with E-state index >= 15 is 0 Å². The van der Waals surface area contributed by atoms with Crippen molar-refractivity contribution < 1.29 is 8.42 Å². The molecule has 7 heteroatoms. The normalized spacial score (nSPS) is 23.6.